The quantitative estimate of drug-likeness (QED) is 0.458. The van der Waals surface area contributed by atoms with Crippen LogP contribution in [0.4, 0.5) is 0 Å². The van der Waals surface area contributed by atoms with Crippen LogP contribution < -0.4 is 0 Å². The van der Waals surface area contributed by atoms with E-state index in [0.29, 0.717) is 0 Å². The molecule has 0 heterocycles. The van der Waals surface area contributed by atoms with Gasteiger partial charge < -0.3 is 0 Å². The van der Waals surface area contributed by atoms with Crippen molar-refractivity contribution in [1.29, 1.82) is 0 Å². The second-order valence-electron chi connectivity index (χ2n) is 2.39. The van der Waals surface area contributed by atoms with E-state index in [1.807, 2.05) is 0 Å². The van der Waals surface area contributed by atoms with Crippen molar-refractivity contribution >= 4 is 0 Å². The molecular formula is C9H14Fe. The molecule has 0 radical (unpaired) electrons. The number of hydrogen-bond acceptors (Lipinski definition) is 0. The number of unbranched alkanes of at least 4 members (excludes halogenated alkanes) is 1. The van der Waals surface area contributed by atoms with Crippen molar-refractivity contribution in [2.75, 3.05) is 0 Å². The predicted molar refractivity (Wildman–Crippen MR) is 41.6 cm³/mol. The predicted octanol–water partition coefficient (Wildman–Crippen LogP) is 3.13. The molecule has 0 unspecified atom stereocenters. The Bertz CT molecular complexity index is 145. The summed E-state index contributed by atoms with van der Waals surface area (Å²) in [5, 5.41) is 1.38. The fourth-order valence-corrected chi connectivity index (χ4v) is 2.28. The van der Waals surface area contributed by atoms with Gasteiger partial charge in [-0.25, -0.2) is 0 Å². The molecule has 0 nitrogen and oxygen atoms in total. The van der Waals surface area contributed by atoms with Crippen LogP contribution in [-0.4, -0.2) is 0 Å². The molecule has 0 spiro atoms. The van der Waals surface area contributed by atoms with E-state index >= 15 is 0 Å². The first-order valence-electron chi connectivity index (χ1n) is 3.85. The van der Waals surface area contributed by atoms with Gasteiger partial charge in [0.1, 0.15) is 0 Å². The topological polar surface area (TPSA) is 0 Å². The molecule has 0 saturated heterocycles. The third-order valence-electron chi connectivity index (χ3n) is 1.44. The number of hydrogen-bond donors (Lipinski definition) is 0. The third kappa shape index (κ3) is 2.72. The molecule has 1 heteroatoms. The zero-order valence-electron chi connectivity index (χ0n) is 6.41. The van der Waals surface area contributed by atoms with Crippen LogP contribution in [0.2, 0.25) is 5.32 Å². The van der Waals surface area contributed by atoms with Crippen LogP contribution in [0.25, 0.3) is 0 Å². The normalized spacial score (nSPS) is 16.3. The Morgan fingerprint density at radius 3 is 3.10 bits per heavy atom. The molecule has 0 fully saturated rings. The van der Waals surface area contributed by atoms with Crippen molar-refractivity contribution < 1.29 is 15.0 Å². The maximum absolute atomic E-state index is 2.26. The van der Waals surface area contributed by atoms with Gasteiger partial charge in [-0.1, -0.05) is 0 Å². The molecule has 0 saturated carbocycles. The van der Waals surface area contributed by atoms with E-state index < -0.39 is 0 Å². The van der Waals surface area contributed by atoms with Gasteiger partial charge in [-0.3, -0.25) is 0 Å². The van der Waals surface area contributed by atoms with Crippen LogP contribution in [0.15, 0.2) is 22.7 Å². The Kier molecular flexibility index (Phi) is 3.86. The van der Waals surface area contributed by atoms with E-state index in [2.05, 4.69) is 25.2 Å². The zero-order chi connectivity index (χ0) is 7.23. The summed E-state index contributed by atoms with van der Waals surface area (Å²) in [4.78, 5) is 0. The van der Waals surface area contributed by atoms with Crippen molar-refractivity contribution in [2.45, 2.75) is 31.5 Å². The van der Waals surface area contributed by atoms with Gasteiger partial charge in [0.2, 0.25) is 0 Å². The summed E-state index contributed by atoms with van der Waals surface area (Å²) < 4.78 is 1.62. The van der Waals surface area contributed by atoms with Crippen molar-refractivity contribution in [3.8, 4) is 0 Å². The molecule has 1 aliphatic rings. The Hall–Kier alpha value is -0.000519. The maximum atomic E-state index is 2.26. The summed E-state index contributed by atoms with van der Waals surface area (Å²) in [7, 11) is 0. The Morgan fingerprint density at radius 2 is 2.50 bits per heavy atom. The average Bonchev–Trinajstić information content (AvgIpc) is 2.41. The molecule has 0 atom stereocenters. The molecule has 0 aromatic heterocycles. The van der Waals surface area contributed by atoms with Crippen LogP contribution in [0, 0.1) is 0 Å². The van der Waals surface area contributed by atoms with Gasteiger partial charge in [0.25, 0.3) is 0 Å². The van der Waals surface area contributed by atoms with Gasteiger partial charge >= 0.3 is 69.2 Å². The van der Waals surface area contributed by atoms with E-state index in [1.54, 1.807) is 4.47 Å². The second-order valence-corrected chi connectivity index (χ2v) is 4.04. The molecule has 0 N–H and O–H groups in total. The first kappa shape index (κ1) is 8.10. The monoisotopic (exact) mass is 178 g/mol. The number of allylic oxidation sites excluding steroid dienone is 4. The van der Waals surface area contributed by atoms with Crippen LogP contribution in [0.5, 0.6) is 0 Å². The summed E-state index contributed by atoms with van der Waals surface area (Å²) in [5.41, 5.74) is 0. The Morgan fingerprint density at radius 1 is 1.60 bits per heavy atom. The standard InChI is InChI=1S/C5H5.C4H9.Fe/c1-2-4-5-3-1;1-3-4-2;/h1-3H,4H2;1,3-4H2,2H3;. The molecule has 0 amide bonds. The van der Waals surface area contributed by atoms with Crippen LogP contribution >= 0.6 is 0 Å². The molecule has 10 heavy (non-hydrogen) atoms. The van der Waals surface area contributed by atoms with E-state index in [9.17, 15) is 0 Å². The van der Waals surface area contributed by atoms with Gasteiger partial charge in [0.05, 0.1) is 0 Å². The second kappa shape index (κ2) is 4.76. The molecule has 0 aromatic carbocycles. The Balaban J connectivity index is 2.04. The van der Waals surface area contributed by atoms with Gasteiger partial charge in [-0.05, 0) is 0 Å². The summed E-state index contributed by atoms with van der Waals surface area (Å²) in [6.07, 6.45) is 10.6. The minimum atomic E-state index is 1.21. The van der Waals surface area contributed by atoms with Gasteiger partial charge in [0.15, 0.2) is 0 Å². The Labute approximate surface area is 69.6 Å². The minimum absolute atomic E-state index is 1.21. The zero-order valence-corrected chi connectivity index (χ0v) is 7.52. The average molecular weight is 178 g/mol. The fourth-order valence-electron chi connectivity index (χ4n) is 0.810. The molecular weight excluding hydrogens is 164 g/mol. The summed E-state index contributed by atoms with van der Waals surface area (Å²) >= 11 is 1.32. The van der Waals surface area contributed by atoms with E-state index in [-0.39, 0.29) is 0 Å². The third-order valence-corrected chi connectivity index (χ3v) is 3.02. The number of rotatable bonds is 4. The fraction of sp³-hybridized carbons (Fsp3) is 0.556. The van der Waals surface area contributed by atoms with Gasteiger partial charge in [-0.15, -0.1) is 0 Å². The SMILES string of the molecule is CCC[CH2][Fe][C]1=CC=CC1. The first-order chi connectivity index (χ1) is 4.93. The van der Waals surface area contributed by atoms with E-state index in [4.69, 9.17) is 0 Å². The summed E-state index contributed by atoms with van der Waals surface area (Å²) in [6, 6.07) is 0. The van der Waals surface area contributed by atoms with Crippen molar-refractivity contribution in [2.24, 2.45) is 0 Å². The van der Waals surface area contributed by atoms with Crippen molar-refractivity contribution in [3.63, 3.8) is 0 Å². The molecule has 0 aliphatic heterocycles. The molecule has 1 rings (SSSR count). The van der Waals surface area contributed by atoms with E-state index in [0.717, 1.165) is 0 Å². The van der Waals surface area contributed by atoms with Gasteiger partial charge in [-0.2, -0.15) is 0 Å². The molecule has 58 valence electrons. The first-order valence-corrected chi connectivity index (χ1v) is 5.18. The van der Waals surface area contributed by atoms with Crippen molar-refractivity contribution in [1.82, 2.24) is 0 Å². The summed E-state index contributed by atoms with van der Waals surface area (Å²) in [5.74, 6) is 0. The van der Waals surface area contributed by atoms with E-state index in [1.165, 1.54) is 39.5 Å². The van der Waals surface area contributed by atoms with Crippen LogP contribution in [0.1, 0.15) is 26.2 Å². The van der Waals surface area contributed by atoms with Gasteiger partial charge in [0, 0.05) is 0 Å². The molecule has 1 aliphatic carbocycles. The van der Waals surface area contributed by atoms with Crippen molar-refractivity contribution in [3.05, 3.63) is 22.7 Å². The van der Waals surface area contributed by atoms with Crippen LogP contribution in [0.3, 0.4) is 0 Å². The molecule has 0 aromatic rings. The molecule has 0 bridgehead atoms. The summed E-state index contributed by atoms with van der Waals surface area (Å²) in [6.45, 7) is 2.25. The van der Waals surface area contributed by atoms with Crippen LogP contribution in [-0.2, 0) is 15.0 Å².